The Labute approximate surface area is 244 Å². The third-order valence-corrected chi connectivity index (χ3v) is 8.24. The van der Waals surface area contributed by atoms with Crippen molar-refractivity contribution in [2.45, 2.75) is 77.8 Å². The van der Waals surface area contributed by atoms with Crippen molar-refractivity contribution in [3.8, 4) is 17.3 Å². The van der Waals surface area contributed by atoms with Gasteiger partial charge in [0.25, 0.3) is 0 Å². The maximum Gasteiger partial charge on any atom is 0.332 e. The lowest BCUT2D eigenvalue weighted by Gasteiger charge is -2.31. The predicted octanol–water partition coefficient (Wildman–Crippen LogP) is 4.84. The van der Waals surface area contributed by atoms with Gasteiger partial charge in [-0.25, -0.2) is 9.78 Å². The summed E-state index contributed by atoms with van der Waals surface area (Å²) in [5.41, 5.74) is 3.82. The van der Waals surface area contributed by atoms with Crippen LogP contribution in [-0.4, -0.2) is 67.6 Å². The van der Waals surface area contributed by atoms with Gasteiger partial charge in [-0.05, 0) is 95.4 Å². The van der Waals surface area contributed by atoms with Crippen LogP contribution in [0.15, 0.2) is 30.5 Å². The van der Waals surface area contributed by atoms with Crippen molar-refractivity contribution in [3.63, 3.8) is 0 Å². The van der Waals surface area contributed by atoms with Crippen molar-refractivity contribution in [2.75, 3.05) is 44.9 Å². The van der Waals surface area contributed by atoms with E-state index in [1.807, 2.05) is 24.4 Å². The van der Waals surface area contributed by atoms with Crippen molar-refractivity contribution in [2.24, 2.45) is 11.3 Å². The van der Waals surface area contributed by atoms with E-state index in [2.05, 4.69) is 36.6 Å². The van der Waals surface area contributed by atoms with Crippen LogP contribution in [0.25, 0.3) is 11.3 Å². The summed E-state index contributed by atoms with van der Waals surface area (Å²) in [4.78, 5) is 21.1. The number of nitriles is 1. The highest BCUT2D eigenvalue weighted by molar-refractivity contribution is 5.70. The fourth-order valence-corrected chi connectivity index (χ4v) is 5.79. The first kappa shape index (κ1) is 30.9. The number of rotatable bonds is 13. The van der Waals surface area contributed by atoms with Crippen molar-refractivity contribution < 1.29 is 19.0 Å². The maximum absolute atomic E-state index is 11.4. The molecule has 9 nitrogen and oxygen atoms in total. The Balaban J connectivity index is 1.28. The van der Waals surface area contributed by atoms with Gasteiger partial charge in [-0.15, -0.1) is 0 Å². The average molecular weight is 564 g/mol. The second-order valence-corrected chi connectivity index (χ2v) is 11.6. The Morgan fingerprint density at radius 3 is 2.76 bits per heavy atom. The number of pyridine rings is 2. The summed E-state index contributed by atoms with van der Waals surface area (Å²) in [5.74, 6) is 1.08. The molecule has 1 aliphatic heterocycles. The van der Waals surface area contributed by atoms with Gasteiger partial charge in [0.05, 0.1) is 30.4 Å². The van der Waals surface area contributed by atoms with Gasteiger partial charge in [-0.1, -0.05) is 6.07 Å². The maximum atomic E-state index is 11.4. The average Bonchev–Trinajstić information content (AvgIpc) is 2.99. The standard InChI is InChI=1S/C32H45N5O4/c1-4-41-31(38)20-40-19-24(3)36-26-10-8-25(9-11-26)16-27-17-28(23(2)18-34-27)29-6-5-7-30(37-29)35-22-32(21-33)12-14-39-15-13-32/h5-7,17-18,24-26,36H,4,8-16,19-20,22H2,1-3H3,(H,35,37)/t24-,25?,26?/m1/s1. The monoisotopic (exact) mass is 563 g/mol. The van der Waals surface area contributed by atoms with Crippen molar-refractivity contribution >= 4 is 11.8 Å². The summed E-state index contributed by atoms with van der Waals surface area (Å²) in [7, 11) is 0. The van der Waals surface area contributed by atoms with Crippen molar-refractivity contribution in [1.29, 1.82) is 5.26 Å². The molecule has 0 bridgehead atoms. The van der Waals surface area contributed by atoms with E-state index in [-0.39, 0.29) is 18.6 Å². The predicted molar refractivity (Wildman–Crippen MR) is 158 cm³/mol. The highest BCUT2D eigenvalue weighted by Gasteiger charge is 2.32. The smallest absolute Gasteiger partial charge is 0.332 e. The number of hydrogen-bond acceptors (Lipinski definition) is 9. The van der Waals surface area contributed by atoms with Crippen LogP contribution in [0.4, 0.5) is 5.82 Å². The third kappa shape index (κ3) is 9.22. The van der Waals surface area contributed by atoms with Crippen molar-refractivity contribution in [3.05, 3.63) is 41.7 Å². The van der Waals surface area contributed by atoms with Crippen LogP contribution < -0.4 is 10.6 Å². The lowest BCUT2D eigenvalue weighted by atomic mass is 9.82. The molecule has 41 heavy (non-hydrogen) atoms. The summed E-state index contributed by atoms with van der Waals surface area (Å²) in [6.07, 6.45) is 8.96. The van der Waals surface area contributed by atoms with E-state index < -0.39 is 5.41 Å². The molecule has 0 radical (unpaired) electrons. The molecule has 2 fully saturated rings. The van der Waals surface area contributed by atoms with E-state index >= 15 is 0 Å². The fourth-order valence-electron chi connectivity index (χ4n) is 5.79. The molecule has 4 rings (SSSR count). The highest BCUT2D eigenvalue weighted by Crippen LogP contribution is 2.31. The fraction of sp³-hybridized carbons (Fsp3) is 0.625. The zero-order valence-electron chi connectivity index (χ0n) is 24.8. The van der Waals surface area contributed by atoms with Crippen LogP contribution in [0, 0.1) is 29.6 Å². The van der Waals surface area contributed by atoms with Gasteiger partial charge in [0.2, 0.25) is 0 Å². The molecule has 3 heterocycles. The molecule has 2 aromatic rings. The van der Waals surface area contributed by atoms with Gasteiger partial charge < -0.3 is 24.8 Å². The third-order valence-electron chi connectivity index (χ3n) is 8.24. The van der Waals surface area contributed by atoms with Gasteiger partial charge in [-0.2, -0.15) is 5.26 Å². The Kier molecular flexibility index (Phi) is 11.5. The molecule has 1 saturated heterocycles. The SMILES string of the molecule is CCOC(=O)COC[C@@H](C)NC1CCC(Cc2cc(-c3cccc(NCC4(C#N)CCOCC4)n3)c(C)cn2)CC1. The largest absolute Gasteiger partial charge is 0.464 e. The van der Waals surface area contributed by atoms with Crippen LogP contribution in [0.2, 0.25) is 0 Å². The molecule has 0 aromatic carbocycles. The molecule has 1 atom stereocenters. The quantitative estimate of drug-likeness (QED) is 0.330. The minimum atomic E-state index is -0.403. The van der Waals surface area contributed by atoms with E-state index in [4.69, 9.17) is 24.2 Å². The van der Waals surface area contributed by atoms with Gasteiger partial charge in [0, 0.05) is 49.3 Å². The normalized spacial score (nSPS) is 21.0. The number of aromatic nitrogens is 2. The molecule has 2 N–H and O–H groups in total. The number of nitrogens with zero attached hydrogens (tertiary/aromatic N) is 3. The van der Waals surface area contributed by atoms with E-state index in [0.29, 0.717) is 44.9 Å². The summed E-state index contributed by atoms with van der Waals surface area (Å²) in [6.45, 7) is 8.68. The molecule has 0 spiro atoms. The van der Waals surface area contributed by atoms with Crippen LogP contribution in [0.5, 0.6) is 0 Å². The Morgan fingerprint density at radius 1 is 1.24 bits per heavy atom. The van der Waals surface area contributed by atoms with Crippen LogP contribution in [0.1, 0.15) is 63.6 Å². The summed E-state index contributed by atoms with van der Waals surface area (Å²) in [5, 5.41) is 16.8. The van der Waals surface area contributed by atoms with E-state index in [0.717, 1.165) is 73.3 Å². The molecule has 2 aromatic heterocycles. The minimum Gasteiger partial charge on any atom is -0.464 e. The van der Waals surface area contributed by atoms with Crippen molar-refractivity contribution in [1.82, 2.24) is 15.3 Å². The van der Waals surface area contributed by atoms with E-state index in [1.54, 1.807) is 6.92 Å². The van der Waals surface area contributed by atoms with Crippen LogP contribution in [-0.2, 0) is 25.4 Å². The Hall–Kier alpha value is -3.06. The molecule has 9 heteroatoms. The number of carbonyl (C=O) groups excluding carboxylic acids is 1. The summed E-state index contributed by atoms with van der Waals surface area (Å²) in [6, 6.07) is 11.4. The summed E-state index contributed by atoms with van der Waals surface area (Å²) < 4.78 is 15.9. The van der Waals surface area contributed by atoms with Gasteiger partial charge >= 0.3 is 5.97 Å². The van der Waals surface area contributed by atoms with Gasteiger partial charge in [0.15, 0.2) is 0 Å². The van der Waals surface area contributed by atoms with Crippen LogP contribution in [0.3, 0.4) is 0 Å². The van der Waals surface area contributed by atoms with E-state index in [9.17, 15) is 10.1 Å². The lowest BCUT2D eigenvalue weighted by Crippen LogP contribution is -2.41. The molecular weight excluding hydrogens is 518 g/mol. The number of aryl methyl sites for hydroxylation is 1. The number of nitrogens with one attached hydrogen (secondary N) is 2. The second kappa shape index (κ2) is 15.2. The molecule has 1 saturated carbocycles. The zero-order valence-corrected chi connectivity index (χ0v) is 24.8. The molecule has 0 unspecified atom stereocenters. The molecular formula is C32H45N5O4. The topological polar surface area (TPSA) is 118 Å². The zero-order chi connectivity index (χ0) is 29.1. The van der Waals surface area contributed by atoms with E-state index in [1.165, 1.54) is 0 Å². The number of esters is 1. The molecule has 0 amide bonds. The first-order valence-corrected chi connectivity index (χ1v) is 15.0. The summed E-state index contributed by atoms with van der Waals surface area (Å²) >= 11 is 0. The van der Waals surface area contributed by atoms with Crippen LogP contribution >= 0.6 is 0 Å². The number of anilines is 1. The second-order valence-electron chi connectivity index (χ2n) is 11.6. The first-order valence-electron chi connectivity index (χ1n) is 15.0. The number of ether oxygens (including phenoxy) is 3. The van der Waals surface area contributed by atoms with Gasteiger partial charge in [0.1, 0.15) is 12.4 Å². The minimum absolute atomic E-state index is 0.00614. The molecule has 1 aliphatic carbocycles. The highest BCUT2D eigenvalue weighted by atomic mass is 16.6. The first-order chi connectivity index (χ1) is 19.9. The van der Waals surface area contributed by atoms with Gasteiger partial charge in [-0.3, -0.25) is 4.98 Å². The Morgan fingerprint density at radius 2 is 2.02 bits per heavy atom. The number of carbonyl (C=O) groups is 1. The number of hydrogen-bond donors (Lipinski definition) is 2. The lowest BCUT2D eigenvalue weighted by molar-refractivity contribution is -0.148. The molecule has 2 aliphatic rings. The molecule has 222 valence electrons. The Bertz CT molecular complexity index is 1170.